The van der Waals surface area contributed by atoms with Crippen LogP contribution in [-0.2, 0) is 14.3 Å². The van der Waals surface area contributed by atoms with Gasteiger partial charge >= 0.3 is 5.97 Å². The monoisotopic (exact) mass is 622 g/mol. The Kier molecular flexibility index (Phi) is 7.99. The van der Waals surface area contributed by atoms with E-state index in [1.165, 1.54) is 24.3 Å². The minimum Gasteiger partial charge on any atom is -0.466 e. The average Bonchev–Trinajstić information content (AvgIpc) is 3.29. The highest BCUT2D eigenvalue weighted by atomic mass is 35.5. The van der Waals surface area contributed by atoms with Crippen LogP contribution in [0.2, 0.25) is 10.0 Å². The van der Waals surface area contributed by atoms with Crippen LogP contribution in [0.5, 0.6) is 0 Å². The van der Waals surface area contributed by atoms with Crippen molar-refractivity contribution >= 4 is 75.3 Å². The first-order chi connectivity index (χ1) is 20.1. The molecule has 0 bridgehead atoms. The number of aromatic nitrogens is 1. The van der Waals surface area contributed by atoms with Gasteiger partial charge in [0.25, 0.3) is 17.2 Å². The van der Waals surface area contributed by atoms with Gasteiger partial charge in [-0.25, -0.2) is 4.79 Å². The molecule has 4 aromatic rings. The summed E-state index contributed by atoms with van der Waals surface area (Å²) >= 11 is 13.1. The van der Waals surface area contributed by atoms with Gasteiger partial charge in [0.05, 0.1) is 33.6 Å². The molecule has 10 nitrogen and oxygen atoms in total. The van der Waals surface area contributed by atoms with Crippen LogP contribution < -0.4 is 25.8 Å². The first kappa shape index (κ1) is 28.8. The predicted molar refractivity (Wildman–Crippen MR) is 162 cm³/mol. The van der Waals surface area contributed by atoms with Crippen molar-refractivity contribution in [2.24, 2.45) is 5.73 Å². The maximum Gasteiger partial charge on any atom is 0.338 e. The second-order valence-electron chi connectivity index (χ2n) is 9.06. The van der Waals surface area contributed by atoms with E-state index in [9.17, 15) is 24.5 Å². The Morgan fingerprint density at radius 2 is 1.69 bits per heavy atom. The predicted octanol–water partition coefficient (Wildman–Crippen LogP) is 3.84. The van der Waals surface area contributed by atoms with Crippen molar-refractivity contribution in [3.05, 3.63) is 129 Å². The number of ether oxygens (including phenoxy) is 1. The summed E-state index contributed by atoms with van der Waals surface area (Å²) in [4.78, 5) is 51.7. The number of carbonyl (C=O) groups is 2. The number of non-ortho nitro benzene ring substituents is 1. The van der Waals surface area contributed by atoms with Crippen LogP contribution in [0.4, 0.5) is 11.4 Å². The fraction of sp³-hybridized carbons (Fsp3) is 0.0690. The lowest BCUT2D eigenvalue weighted by Gasteiger charge is -2.27. The summed E-state index contributed by atoms with van der Waals surface area (Å²) in [6, 6.07) is 18.6. The van der Waals surface area contributed by atoms with Crippen molar-refractivity contribution in [3.8, 4) is 0 Å². The number of amides is 1. The van der Waals surface area contributed by atoms with Gasteiger partial charge in [-0.05, 0) is 47.5 Å². The van der Waals surface area contributed by atoms with Crippen LogP contribution in [0.3, 0.4) is 0 Å². The zero-order valence-electron chi connectivity index (χ0n) is 21.7. The Morgan fingerprint density at radius 1 is 1.05 bits per heavy atom. The molecule has 0 saturated carbocycles. The van der Waals surface area contributed by atoms with E-state index in [-0.39, 0.29) is 37.5 Å². The minimum absolute atomic E-state index is 0.0104. The zero-order chi connectivity index (χ0) is 30.1. The molecule has 0 radical (unpaired) electrons. The topological polar surface area (TPSA) is 147 Å². The zero-order valence-corrected chi connectivity index (χ0v) is 24.0. The van der Waals surface area contributed by atoms with Gasteiger partial charge < -0.3 is 15.8 Å². The van der Waals surface area contributed by atoms with Gasteiger partial charge in [-0.2, -0.15) is 0 Å². The number of hydrogen-bond acceptors (Lipinski definition) is 8. The molecule has 1 atom stereocenters. The lowest BCUT2D eigenvalue weighted by atomic mass is 9.82. The second-order valence-corrected chi connectivity index (χ2v) is 11.0. The maximum atomic E-state index is 14.0. The van der Waals surface area contributed by atoms with Crippen LogP contribution in [0.25, 0.3) is 17.5 Å². The molecular formula is C29H20Cl2N4O6S. The van der Waals surface area contributed by atoms with Crippen LogP contribution in [0.15, 0.2) is 83.2 Å². The van der Waals surface area contributed by atoms with Gasteiger partial charge in [0, 0.05) is 27.9 Å². The number of esters is 1. The molecule has 1 aliphatic heterocycles. The highest BCUT2D eigenvalue weighted by Gasteiger charge is 2.39. The summed E-state index contributed by atoms with van der Waals surface area (Å²) in [6.45, 7) is 0. The quantitative estimate of drug-likeness (QED) is 0.189. The third-order valence-corrected chi connectivity index (χ3v) is 8.10. The number of thiazole rings is 1. The van der Waals surface area contributed by atoms with Crippen LogP contribution in [0.1, 0.15) is 17.0 Å². The standard InChI is InChI=1S/C29H20Cl2N4O6S/c1-41-29(38)23-22(16-7-11-18(31)12-8-16)24(26(36)33-19-3-2-4-20(14-19)35(39)40)28-34(25(23)32)27(37)21(42-28)13-15-5-9-17(30)10-6-15/h2-14,22H,32H2,1H3,(H,33,36)/b21-13+. The molecule has 13 heteroatoms. The Bertz CT molecular complexity index is 1960. The molecule has 1 amide bonds. The number of benzene rings is 3. The molecule has 0 fully saturated rings. The summed E-state index contributed by atoms with van der Waals surface area (Å²) in [6.07, 6.45) is 1.62. The SMILES string of the molecule is COC(=O)C1=C(N)n2c(s/c(=C/c3ccc(Cl)cc3)c2=O)=C(C(=O)Nc2cccc([N+](=O)[O-])c2)C1c1ccc(Cl)cc1. The maximum absolute atomic E-state index is 14.0. The minimum atomic E-state index is -1.07. The summed E-state index contributed by atoms with van der Waals surface area (Å²) in [5.41, 5.74) is 6.86. The third-order valence-electron chi connectivity index (χ3n) is 6.48. The van der Waals surface area contributed by atoms with Crippen molar-refractivity contribution < 1.29 is 19.2 Å². The summed E-state index contributed by atoms with van der Waals surface area (Å²) in [7, 11) is 1.16. The Hall–Kier alpha value is -4.71. The van der Waals surface area contributed by atoms with E-state index in [0.29, 0.717) is 21.2 Å². The smallest absolute Gasteiger partial charge is 0.338 e. The number of anilines is 1. The fourth-order valence-electron chi connectivity index (χ4n) is 4.57. The highest BCUT2D eigenvalue weighted by Crippen LogP contribution is 2.38. The Labute approximate surface area is 251 Å². The molecule has 3 aromatic carbocycles. The second kappa shape index (κ2) is 11.6. The Balaban J connectivity index is 1.81. The number of nitrogens with one attached hydrogen (secondary N) is 1. The number of rotatable bonds is 6. The van der Waals surface area contributed by atoms with E-state index >= 15 is 0 Å². The molecule has 0 aliphatic carbocycles. The van der Waals surface area contributed by atoms with E-state index in [1.54, 1.807) is 54.6 Å². The van der Waals surface area contributed by atoms with Gasteiger partial charge in [0.2, 0.25) is 0 Å². The number of nitro groups is 1. The van der Waals surface area contributed by atoms with E-state index in [4.69, 9.17) is 33.7 Å². The van der Waals surface area contributed by atoms with Crippen molar-refractivity contribution in [1.82, 2.24) is 4.57 Å². The number of hydrogen-bond donors (Lipinski definition) is 2. The number of nitro benzene ring substituents is 1. The molecule has 2 heterocycles. The molecular weight excluding hydrogens is 603 g/mol. The molecule has 1 aliphatic rings. The Morgan fingerprint density at radius 3 is 2.31 bits per heavy atom. The molecule has 3 N–H and O–H groups in total. The number of methoxy groups -OCH3 is 1. The van der Waals surface area contributed by atoms with Gasteiger partial charge in [0.1, 0.15) is 10.5 Å². The molecule has 5 rings (SSSR count). The molecule has 1 aromatic heterocycles. The number of nitrogens with zero attached hydrogens (tertiary/aromatic N) is 2. The molecule has 0 saturated heterocycles. The van der Waals surface area contributed by atoms with Crippen molar-refractivity contribution in [2.45, 2.75) is 5.92 Å². The average molecular weight is 623 g/mol. The third kappa shape index (κ3) is 5.45. The molecule has 42 heavy (non-hydrogen) atoms. The van der Waals surface area contributed by atoms with Gasteiger partial charge in [-0.3, -0.25) is 24.3 Å². The summed E-state index contributed by atoms with van der Waals surface area (Å²) < 4.78 is 6.55. The number of carbonyl (C=O) groups excluding carboxylic acids is 2. The van der Waals surface area contributed by atoms with Crippen LogP contribution in [-0.4, -0.2) is 28.5 Å². The first-order valence-electron chi connectivity index (χ1n) is 12.2. The normalized spacial score (nSPS) is 14.9. The van der Waals surface area contributed by atoms with E-state index in [2.05, 4.69) is 5.32 Å². The van der Waals surface area contributed by atoms with Crippen LogP contribution in [0, 0.1) is 10.1 Å². The van der Waals surface area contributed by atoms with E-state index in [1.807, 2.05) is 0 Å². The lowest BCUT2D eigenvalue weighted by Crippen LogP contribution is -2.42. The van der Waals surface area contributed by atoms with E-state index < -0.39 is 28.3 Å². The number of nitrogens with two attached hydrogens (primary N) is 1. The van der Waals surface area contributed by atoms with Gasteiger partial charge in [-0.15, -0.1) is 11.3 Å². The number of fused-ring (bicyclic) bond motifs is 1. The molecule has 212 valence electrons. The van der Waals surface area contributed by atoms with Gasteiger partial charge in [0.15, 0.2) is 0 Å². The van der Waals surface area contributed by atoms with Crippen molar-refractivity contribution in [2.75, 3.05) is 12.4 Å². The molecule has 1 unspecified atom stereocenters. The fourth-order valence-corrected chi connectivity index (χ4v) is 6.00. The van der Waals surface area contributed by atoms with Gasteiger partial charge in [-0.1, -0.05) is 53.5 Å². The molecule has 0 spiro atoms. The highest BCUT2D eigenvalue weighted by molar-refractivity contribution is 7.07. The number of halogens is 2. The van der Waals surface area contributed by atoms with Crippen molar-refractivity contribution in [1.29, 1.82) is 0 Å². The van der Waals surface area contributed by atoms with Crippen molar-refractivity contribution in [3.63, 3.8) is 0 Å². The largest absolute Gasteiger partial charge is 0.466 e. The summed E-state index contributed by atoms with van der Waals surface area (Å²) in [5.74, 6) is -2.83. The van der Waals surface area contributed by atoms with E-state index in [0.717, 1.165) is 23.0 Å². The van der Waals surface area contributed by atoms with Crippen LogP contribution >= 0.6 is 34.5 Å². The first-order valence-corrected chi connectivity index (χ1v) is 13.8. The summed E-state index contributed by atoms with van der Waals surface area (Å²) in [5, 5.41) is 14.9. The lowest BCUT2D eigenvalue weighted by molar-refractivity contribution is -0.384.